The summed E-state index contributed by atoms with van der Waals surface area (Å²) in [6.07, 6.45) is 4.11. The Hall–Kier alpha value is -0.770. The van der Waals surface area contributed by atoms with E-state index >= 15 is 0 Å². The lowest BCUT2D eigenvalue weighted by Gasteiger charge is -2.21. The molecule has 2 unspecified atom stereocenters. The largest absolute Gasteiger partial charge is 0.235 e. The lowest BCUT2D eigenvalue weighted by atomic mass is 9.94. The summed E-state index contributed by atoms with van der Waals surface area (Å²) >= 11 is 0. The first-order chi connectivity index (χ1) is 5.31. The maximum absolute atomic E-state index is 4.44. The Morgan fingerprint density at radius 1 is 1.55 bits per heavy atom. The summed E-state index contributed by atoms with van der Waals surface area (Å²) in [4.78, 5) is 0. The minimum Gasteiger partial charge on any atom is -0.235 e. The van der Waals surface area contributed by atoms with Crippen LogP contribution in [0.3, 0.4) is 0 Å². The zero-order valence-electron chi connectivity index (χ0n) is 6.56. The first-order valence-corrected chi connectivity index (χ1v) is 3.94. The molecule has 0 aliphatic carbocycles. The van der Waals surface area contributed by atoms with Crippen molar-refractivity contribution in [2.45, 2.75) is 31.3 Å². The molecule has 0 amide bonds. The summed E-state index contributed by atoms with van der Waals surface area (Å²) in [6.45, 7) is 3.01. The molecule has 2 aliphatic rings. The summed E-state index contributed by atoms with van der Waals surface area (Å²) in [7, 11) is 0. The van der Waals surface area contributed by atoms with Crippen molar-refractivity contribution >= 4 is 6.21 Å². The van der Waals surface area contributed by atoms with Gasteiger partial charge < -0.3 is 0 Å². The molecule has 0 N–H and O–H groups in total. The van der Waals surface area contributed by atoms with Gasteiger partial charge in [-0.15, -0.1) is 5.10 Å². The first kappa shape index (κ1) is 6.91. The van der Waals surface area contributed by atoms with E-state index in [4.69, 9.17) is 0 Å². The molecular weight excluding hydrogens is 140 g/mol. The summed E-state index contributed by atoms with van der Waals surface area (Å²) in [5.41, 5.74) is -0.226. The fourth-order valence-corrected chi connectivity index (χ4v) is 1.54. The quantitative estimate of drug-likeness (QED) is 0.536. The van der Waals surface area contributed by atoms with Crippen molar-refractivity contribution in [1.82, 2.24) is 5.32 Å². The molecule has 0 saturated carbocycles. The average molecular weight is 151 g/mol. The molecule has 1 saturated heterocycles. The zero-order chi connectivity index (χ0) is 7.73. The molecule has 11 heavy (non-hydrogen) atoms. The van der Waals surface area contributed by atoms with Gasteiger partial charge in [0.25, 0.3) is 0 Å². The molecule has 2 heterocycles. The molecule has 0 aromatic heterocycles. The van der Waals surface area contributed by atoms with Crippen molar-refractivity contribution in [3.05, 3.63) is 0 Å². The number of hydrogen-bond donors (Lipinski definition) is 0. The lowest BCUT2D eigenvalue weighted by Crippen LogP contribution is -2.40. The van der Waals surface area contributed by atoms with Crippen LogP contribution in [0.2, 0.25) is 0 Å². The van der Waals surface area contributed by atoms with Crippen molar-refractivity contribution < 1.29 is 0 Å². The molecule has 0 aromatic rings. The molecule has 2 atom stereocenters. The van der Waals surface area contributed by atoms with E-state index in [1.807, 2.05) is 6.92 Å². The molecule has 0 aromatic carbocycles. The Morgan fingerprint density at radius 3 is 3.00 bits per heavy atom. The van der Waals surface area contributed by atoms with Crippen molar-refractivity contribution in [3.8, 4) is 0 Å². The van der Waals surface area contributed by atoms with Crippen LogP contribution in [0.5, 0.6) is 0 Å². The van der Waals surface area contributed by atoms with E-state index < -0.39 is 0 Å². The number of rotatable bonds is 1. The molecule has 2 aliphatic heterocycles. The Balaban J connectivity index is 2.13. The summed E-state index contributed by atoms with van der Waals surface area (Å²) in [5.74, 6) is 0. The molecule has 2 rings (SSSR count). The van der Waals surface area contributed by atoms with Gasteiger partial charge in [0.1, 0.15) is 5.54 Å². The van der Waals surface area contributed by atoms with Gasteiger partial charge in [0, 0.05) is 6.54 Å². The van der Waals surface area contributed by atoms with Gasteiger partial charge in [0.2, 0.25) is 0 Å². The summed E-state index contributed by atoms with van der Waals surface area (Å²) in [5, 5.41) is 15.9. The fraction of sp³-hybridized carbons (Fsp3) is 0.857. The SMILES string of the molecule is CC1(C2CCC[N]2)C=NN=N1. The van der Waals surface area contributed by atoms with E-state index in [-0.39, 0.29) is 5.54 Å². The summed E-state index contributed by atoms with van der Waals surface area (Å²) < 4.78 is 0. The smallest absolute Gasteiger partial charge is 0.134 e. The van der Waals surface area contributed by atoms with E-state index in [1.165, 1.54) is 6.42 Å². The topological polar surface area (TPSA) is 51.2 Å². The highest BCUT2D eigenvalue weighted by Gasteiger charge is 2.37. The Labute approximate surface area is 65.8 Å². The van der Waals surface area contributed by atoms with Crippen LogP contribution in [-0.2, 0) is 0 Å². The molecule has 4 heteroatoms. The third kappa shape index (κ3) is 1.07. The van der Waals surface area contributed by atoms with E-state index in [0.717, 1.165) is 13.0 Å². The second-order valence-electron chi connectivity index (χ2n) is 3.22. The fourth-order valence-electron chi connectivity index (χ4n) is 1.54. The van der Waals surface area contributed by atoms with E-state index in [1.54, 1.807) is 6.21 Å². The van der Waals surface area contributed by atoms with Crippen LogP contribution in [0, 0.1) is 0 Å². The minimum absolute atomic E-state index is 0.226. The van der Waals surface area contributed by atoms with Gasteiger partial charge in [-0.25, -0.2) is 5.32 Å². The monoisotopic (exact) mass is 151 g/mol. The van der Waals surface area contributed by atoms with Gasteiger partial charge in [-0.1, -0.05) is 0 Å². The normalized spacial score (nSPS) is 42.1. The third-order valence-corrected chi connectivity index (χ3v) is 2.29. The molecule has 4 nitrogen and oxygen atoms in total. The second kappa shape index (κ2) is 2.37. The standard InChI is InChI=1S/C7H11N4/c1-7(5-9-11-10-7)6-3-2-4-8-6/h5-6H,2-4H2,1H3. The Kier molecular flexibility index (Phi) is 1.49. The molecular formula is C7H11N4. The van der Waals surface area contributed by atoms with Gasteiger partial charge >= 0.3 is 0 Å². The lowest BCUT2D eigenvalue weighted by molar-refractivity contribution is 0.442. The van der Waals surface area contributed by atoms with Gasteiger partial charge in [-0.2, -0.15) is 5.11 Å². The van der Waals surface area contributed by atoms with Crippen LogP contribution >= 0.6 is 0 Å². The highest BCUT2D eigenvalue weighted by Crippen LogP contribution is 2.25. The minimum atomic E-state index is -0.226. The molecule has 1 radical (unpaired) electrons. The third-order valence-electron chi connectivity index (χ3n) is 2.29. The predicted octanol–water partition coefficient (Wildman–Crippen LogP) is 0.963. The van der Waals surface area contributed by atoms with Gasteiger partial charge in [-0.3, -0.25) is 0 Å². The van der Waals surface area contributed by atoms with Crippen LogP contribution in [0.4, 0.5) is 0 Å². The zero-order valence-corrected chi connectivity index (χ0v) is 6.56. The number of hydrogen-bond acceptors (Lipinski definition) is 3. The summed E-state index contributed by atoms with van der Waals surface area (Å²) in [6, 6.07) is 0.317. The van der Waals surface area contributed by atoms with Gasteiger partial charge in [-0.05, 0) is 25.0 Å². The highest BCUT2D eigenvalue weighted by atomic mass is 15.4. The molecule has 1 fully saturated rings. The van der Waals surface area contributed by atoms with Gasteiger partial charge in [0.15, 0.2) is 0 Å². The maximum Gasteiger partial charge on any atom is 0.134 e. The van der Waals surface area contributed by atoms with Crippen LogP contribution in [0.25, 0.3) is 0 Å². The number of nitrogens with zero attached hydrogens (tertiary/aromatic N) is 4. The van der Waals surface area contributed by atoms with E-state index in [0.29, 0.717) is 6.04 Å². The maximum atomic E-state index is 4.44. The van der Waals surface area contributed by atoms with Crippen LogP contribution in [0.1, 0.15) is 19.8 Å². The van der Waals surface area contributed by atoms with E-state index in [2.05, 4.69) is 20.8 Å². The highest BCUT2D eigenvalue weighted by molar-refractivity contribution is 5.72. The predicted molar refractivity (Wildman–Crippen MR) is 41.8 cm³/mol. The van der Waals surface area contributed by atoms with Crippen molar-refractivity contribution in [2.24, 2.45) is 15.4 Å². The van der Waals surface area contributed by atoms with Gasteiger partial charge in [0.05, 0.1) is 12.3 Å². The van der Waals surface area contributed by atoms with Crippen molar-refractivity contribution in [2.75, 3.05) is 6.54 Å². The van der Waals surface area contributed by atoms with Crippen LogP contribution < -0.4 is 5.32 Å². The molecule has 0 bridgehead atoms. The van der Waals surface area contributed by atoms with Crippen molar-refractivity contribution in [1.29, 1.82) is 0 Å². The van der Waals surface area contributed by atoms with Crippen molar-refractivity contribution in [3.63, 3.8) is 0 Å². The van der Waals surface area contributed by atoms with E-state index in [9.17, 15) is 0 Å². The average Bonchev–Trinajstić information content (AvgIpc) is 2.55. The second-order valence-corrected chi connectivity index (χ2v) is 3.22. The molecule has 59 valence electrons. The molecule has 0 spiro atoms. The Morgan fingerprint density at radius 2 is 2.45 bits per heavy atom. The van der Waals surface area contributed by atoms with Crippen LogP contribution in [-0.4, -0.2) is 24.3 Å². The van der Waals surface area contributed by atoms with Crippen LogP contribution in [0.15, 0.2) is 15.4 Å². The first-order valence-electron chi connectivity index (χ1n) is 3.94. The Bertz CT molecular complexity index is 190.